The number of aryl methyl sites for hydroxylation is 1. The summed E-state index contributed by atoms with van der Waals surface area (Å²) in [6.45, 7) is 8.13. The van der Waals surface area contributed by atoms with E-state index in [0.717, 1.165) is 11.1 Å². The quantitative estimate of drug-likeness (QED) is 0.184. The van der Waals surface area contributed by atoms with Crippen molar-refractivity contribution in [2.75, 3.05) is 0 Å². The Labute approximate surface area is 258 Å². The Morgan fingerprint density at radius 3 is 1.45 bits per heavy atom. The van der Waals surface area contributed by atoms with Crippen molar-refractivity contribution >= 4 is 19.7 Å². The zero-order valence-electron chi connectivity index (χ0n) is 24.7. The van der Waals surface area contributed by atoms with Crippen LogP contribution in [0.5, 0.6) is 28.7 Å². The fourth-order valence-electron chi connectivity index (χ4n) is 4.40. The van der Waals surface area contributed by atoms with E-state index in [1.54, 1.807) is 24.3 Å². The monoisotopic (exact) mass is 628 g/mol. The van der Waals surface area contributed by atoms with Crippen LogP contribution in [0, 0.1) is 6.92 Å². The van der Waals surface area contributed by atoms with Gasteiger partial charge in [-0.15, -0.1) is 0 Å². The Balaban J connectivity index is 1.47. The van der Waals surface area contributed by atoms with Gasteiger partial charge in [-0.25, -0.2) is 16.8 Å². The Bertz CT molecular complexity index is 1990. The summed E-state index contributed by atoms with van der Waals surface area (Å²) in [5.74, 6) is 1.11. The van der Waals surface area contributed by atoms with E-state index in [9.17, 15) is 21.9 Å². The lowest BCUT2D eigenvalue weighted by Crippen LogP contribution is -2.11. The van der Waals surface area contributed by atoms with Crippen LogP contribution in [0.25, 0.3) is 0 Å². The molecule has 5 aromatic carbocycles. The van der Waals surface area contributed by atoms with Crippen molar-refractivity contribution in [3.05, 3.63) is 126 Å². The predicted octanol–water partition coefficient (Wildman–Crippen LogP) is 8.25. The highest BCUT2D eigenvalue weighted by Crippen LogP contribution is 2.38. The molecule has 5 aromatic rings. The molecule has 0 saturated heterocycles. The van der Waals surface area contributed by atoms with Gasteiger partial charge in [0.15, 0.2) is 11.5 Å². The van der Waals surface area contributed by atoms with Crippen LogP contribution in [0.15, 0.2) is 135 Å². The van der Waals surface area contributed by atoms with E-state index >= 15 is 0 Å². The van der Waals surface area contributed by atoms with Gasteiger partial charge in [-0.2, -0.15) is 0 Å². The van der Waals surface area contributed by atoms with Gasteiger partial charge in [0.2, 0.25) is 19.7 Å². The standard InChI is InChI=1S/C35H32O7S2/c1-24-5-11-27(12-6-24)41-33-22-21-32(44(39,40)30-17-9-26(36)10-18-30)23-34(33)42-28-13-19-31(20-14-28)43(37,38)29-15-7-25(8-16-29)35(2,3)4/h5-23,36H,1-4H3. The zero-order valence-corrected chi connectivity index (χ0v) is 26.3. The maximum Gasteiger partial charge on any atom is 0.206 e. The first-order chi connectivity index (χ1) is 20.7. The topological polar surface area (TPSA) is 107 Å². The van der Waals surface area contributed by atoms with Crippen LogP contribution >= 0.6 is 0 Å². The van der Waals surface area contributed by atoms with Crippen LogP contribution in [0.2, 0.25) is 0 Å². The minimum absolute atomic E-state index is 0.00135. The highest BCUT2D eigenvalue weighted by Gasteiger charge is 2.22. The van der Waals surface area contributed by atoms with Gasteiger partial charge in [-0.05, 0) is 103 Å². The van der Waals surface area contributed by atoms with Crippen LogP contribution in [0.3, 0.4) is 0 Å². The van der Waals surface area contributed by atoms with Gasteiger partial charge in [0.05, 0.1) is 19.6 Å². The van der Waals surface area contributed by atoms with E-state index < -0.39 is 19.7 Å². The van der Waals surface area contributed by atoms with Crippen molar-refractivity contribution in [3.8, 4) is 28.7 Å². The van der Waals surface area contributed by atoms with Crippen LogP contribution in [0.1, 0.15) is 31.9 Å². The third-order valence-corrected chi connectivity index (χ3v) is 10.6. The van der Waals surface area contributed by atoms with Crippen molar-refractivity contribution < 1.29 is 31.4 Å². The average molecular weight is 629 g/mol. The Morgan fingerprint density at radius 1 is 0.523 bits per heavy atom. The highest BCUT2D eigenvalue weighted by atomic mass is 32.2. The highest BCUT2D eigenvalue weighted by molar-refractivity contribution is 7.91. The Kier molecular flexibility index (Phi) is 8.29. The van der Waals surface area contributed by atoms with Gasteiger partial charge in [0.25, 0.3) is 0 Å². The minimum atomic E-state index is -3.96. The molecule has 1 N–H and O–H groups in total. The van der Waals surface area contributed by atoms with Crippen molar-refractivity contribution in [2.24, 2.45) is 0 Å². The number of ether oxygens (including phenoxy) is 2. The van der Waals surface area contributed by atoms with Gasteiger partial charge in [-0.3, -0.25) is 0 Å². The maximum atomic E-state index is 13.4. The van der Waals surface area contributed by atoms with Crippen molar-refractivity contribution in [2.45, 2.75) is 52.7 Å². The number of aromatic hydroxyl groups is 1. The Morgan fingerprint density at radius 2 is 0.932 bits per heavy atom. The number of hydrogen-bond donors (Lipinski definition) is 1. The molecule has 44 heavy (non-hydrogen) atoms. The van der Waals surface area contributed by atoms with Crippen molar-refractivity contribution in [1.29, 1.82) is 0 Å². The number of hydrogen-bond acceptors (Lipinski definition) is 7. The molecule has 0 amide bonds. The number of phenolic OH excluding ortho intramolecular Hbond substituents is 1. The zero-order chi connectivity index (χ0) is 31.7. The van der Waals surface area contributed by atoms with Crippen molar-refractivity contribution in [3.63, 3.8) is 0 Å². The first-order valence-electron chi connectivity index (χ1n) is 13.8. The molecule has 0 heterocycles. The summed E-state index contributed by atoms with van der Waals surface area (Å²) >= 11 is 0. The summed E-state index contributed by atoms with van der Waals surface area (Å²) in [5.41, 5.74) is 1.96. The molecule has 5 rings (SSSR count). The molecular formula is C35H32O7S2. The van der Waals surface area contributed by atoms with Gasteiger partial charge < -0.3 is 14.6 Å². The minimum Gasteiger partial charge on any atom is -0.508 e. The van der Waals surface area contributed by atoms with Crippen LogP contribution < -0.4 is 9.47 Å². The second-order valence-electron chi connectivity index (χ2n) is 11.4. The number of rotatable bonds is 8. The third kappa shape index (κ3) is 6.64. The molecule has 0 spiro atoms. The number of benzene rings is 5. The van der Waals surface area contributed by atoms with Gasteiger partial charge in [-0.1, -0.05) is 50.6 Å². The van der Waals surface area contributed by atoms with Gasteiger partial charge >= 0.3 is 0 Å². The molecule has 0 atom stereocenters. The molecule has 9 heteroatoms. The molecule has 0 unspecified atom stereocenters. The Hall–Kier alpha value is -4.60. The maximum absolute atomic E-state index is 13.4. The molecule has 0 fully saturated rings. The van der Waals surface area contributed by atoms with Gasteiger partial charge in [0.1, 0.15) is 17.2 Å². The van der Waals surface area contributed by atoms with Crippen LogP contribution in [0.4, 0.5) is 0 Å². The molecule has 0 aliphatic carbocycles. The number of phenols is 1. The summed E-state index contributed by atoms with van der Waals surface area (Å²) in [4.78, 5) is 0.221. The third-order valence-electron chi connectivity index (χ3n) is 7.01. The summed E-state index contributed by atoms with van der Waals surface area (Å²) in [5, 5.41) is 9.60. The largest absolute Gasteiger partial charge is 0.508 e. The van der Waals surface area contributed by atoms with E-state index in [4.69, 9.17) is 9.47 Å². The van der Waals surface area contributed by atoms with Gasteiger partial charge in [0, 0.05) is 6.07 Å². The summed E-state index contributed by atoms with van der Waals surface area (Å²) in [6, 6.07) is 29.6. The lowest BCUT2D eigenvalue weighted by molar-refractivity contribution is 0.417. The first-order valence-corrected chi connectivity index (χ1v) is 16.8. The molecule has 0 bridgehead atoms. The molecule has 7 nitrogen and oxygen atoms in total. The number of sulfone groups is 2. The fourth-order valence-corrected chi connectivity index (χ4v) is 6.94. The molecule has 0 aliphatic heterocycles. The molecule has 0 aliphatic rings. The van der Waals surface area contributed by atoms with E-state index in [1.165, 1.54) is 66.7 Å². The molecule has 0 aromatic heterocycles. The fraction of sp³-hybridized carbons (Fsp3) is 0.143. The smallest absolute Gasteiger partial charge is 0.206 e. The predicted molar refractivity (Wildman–Crippen MR) is 168 cm³/mol. The second-order valence-corrected chi connectivity index (χ2v) is 15.3. The van der Waals surface area contributed by atoms with Crippen LogP contribution in [-0.2, 0) is 25.1 Å². The normalized spacial score (nSPS) is 12.1. The molecule has 0 radical (unpaired) electrons. The summed E-state index contributed by atoms with van der Waals surface area (Å²) < 4.78 is 65.5. The molecule has 0 saturated carbocycles. The lowest BCUT2D eigenvalue weighted by Gasteiger charge is -2.19. The molecular weight excluding hydrogens is 597 g/mol. The van der Waals surface area contributed by atoms with E-state index in [0.29, 0.717) is 5.75 Å². The second kappa shape index (κ2) is 11.8. The lowest BCUT2D eigenvalue weighted by atomic mass is 9.87. The van der Waals surface area contributed by atoms with Crippen LogP contribution in [-0.4, -0.2) is 21.9 Å². The first kappa shape index (κ1) is 30.8. The average Bonchev–Trinajstić information content (AvgIpc) is 2.99. The van der Waals surface area contributed by atoms with Crippen molar-refractivity contribution in [1.82, 2.24) is 0 Å². The van der Waals surface area contributed by atoms with E-state index in [-0.39, 0.29) is 48.0 Å². The SMILES string of the molecule is Cc1ccc(Oc2ccc(S(=O)(=O)c3ccc(O)cc3)cc2Oc2ccc(S(=O)(=O)c3ccc(C(C)(C)C)cc3)cc2)cc1. The van der Waals surface area contributed by atoms with E-state index in [1.807, 2.05) is 31.2 Å². The summed E-state index contributed by atoms with van der Waals surface area (Å²) in [6.07, 6.45) is 0. The van der Waals surface area contributed by atoms with E-state index in [2.05, 4.69) is 20.8 Å². The molecule has 226 valence electrons. The summed E-state index contributed by atoms with van der Waals surface area (Å²) in [7, 11) is -7.74.